The van der Waals surface area contributed by atoms with Gasteiger partial charge in [0.05, 0.1) is 5.69 Å². The van der Waals surface area contributed by atoms with Gasteiger partial charge in [-0.15, -0.1) is 0 Å². The Morgan fingerprint density at radius 2 is 1.85 bits per heavy atom. The molecule has 1 aliphatic heterocycles. The van der Waals surface area contributed by atoms with E-state index < -0.39 is 5.82 Å². The second-order valence-electron chi connectivity index (χ2n) is 6.32. The number of para-hydroxylation sites is 1. The third kappa shape index (κ3) is 3.07. The van der Waals surface area contributed by atoms with Gasteiger partial charge in [0.25, 0.3) is 5.56 Å². The van der Waals surface area contributed by atoms with Gasteiger partial charge in [0.1, 0.15) is 30.3 Å². The van der Waals surface area contributed by atoms with E-state index >= 15 is 0 Å². The molecule has 7 heteroatoms. The third-order valence-electron chi connectivity index (χ3n) is 4.53. The van der Waals surface area contributed by atoms with Crippen LogP contribution in [-0.2, 0) is 13.1 Å². The Morgan fingerprint density at radius 3 is 2.62 bits per heavy atom. The number of aromatic nitrogens is 2. The second-order valence-corrected chi connectivity index (χ2v) is 6.70. The van der Waals surface area contributed by atoms with Crippen molar-refractivity contribution in [2.45, 2.75) is 13.1 Å². The molecule has 0 aliphatic carbocycles. The van der Waals surface area contributed by atoms with Crippen molar-refractivity contribution in [1.82, 2.24) is 9.55 Å². The van der Waals surface area contributed by atoms with Crippen molar-refractivity contribution in [3.05, 3.63) is 86.7 Å². The number of hydrogen-bond acceptors (Lipinski definition) is 3. The molecule has 0 saturated carbocycles. The molecule has 1 aliphatic rings. The molecule has 3 N–H and O–H groups in total. The molecule has 1 aromatic heterocycles. The monoisotopic (exact) mass is 369 g/mol. The minimum Gasteiger partial charge on any atom is -0.324 e. The Hall–Kier alpha value is -2.77. The largest absolute Gasteiger partial charge is 0.324 e. The summed E-state index contributed by atoms with van der Waals surface area (Å²) in [7, 11) is 0. The molecule has 26 heavy (non-hydrogen) atoms. The first-order valence-corrected chi connectivity index (χ1v) is 8.79. The lowest BCUT2D eigenvalue weighted by Gasteiger charge is -2.28. The van der Waals surface area contributed by atoms with E-state index in [1.54, 1.807) is 22.8 Å². The quantitative estimate of drug-likeness (QED) is 0.619. The highest BCUT2D eigenvalue weighted by molar-refractivity contribution is 7.71. The van der Waals surface area contributed by atoms with E-state index in [1.807, 2.05) is 18.2 Å². The molecule has 0 fully saturated rings. The van der Waals surface area contributed by atoms with E-state index in [9.17, 15) is 9.18 Å². The predicted octanol–water partition coefficient (Wildman–Crippen LogP) is 2.00. The van der Waals surface area contributed by atoms with Gasteiger partial charge in [-0.1, -0.05) is 42.5 Å². The van der Waals surface area contributed by atoms with Crippen LogP contribution in [-0.4, -0.2) is 16.2 Å². The molecule has 4 rings (SSSR count). The molecule has 5 nitrogen and oxygen atoms in total. The number of aromatic amines is 1. The number of nitrogens with one attached hydrogen (secondary N) is 3. The standard InChI is InChI=1S/C19H17FN4OS/c20-15-8-4-5-9-16(15)24-17-14(18(25)22-19(24)26)11-23(12-21-17)10-13-6-2-1-3-7-13/h1-9,21H,10-12H2,(H,22,25,26)/p+1. The fourth-order valence-electron chi connectivity index (χ4n) is 3.32. The Kier molecular flexibility index (Phi) is 4.40. The van der Waals surface area contributed by atoms with Gasteiger partial charge in [-0.3, -0.25) is 14.3 Å². The van der Waals surface area contributed by atoms with Gasteiger partial charge >= 0.3 is 0 Å². The molecule has 2 heterocycles. The SMILES string of the molecule is O=c1[nH]c(=S)n(-c2ccccc2F)c2c1C[NH+](Cc1ccccc1)CN2. The number of H-pyrrole nitrogens is 1. The molecule has 132 valence electrons. The van der Waals surface area contributed by atoms with Gasteiger partial charge < -0.3 is 10.2 Å². The van der Waals surface area contributed by atoms with Crippen molar-refractivity contribution < 1.29 is 9.29 Å². The second kappa shape index (κ2) is 6.86. The minimum absolute atomic E-state index is 0.179. The minimum atomic E-state index is -0.390. The fourth-order valence-corrected chi connectivity index (χ4v) is 3.60. The van der Waals surface area contributed by atoms with E-state index in [0.717, 1.165) is 6.54 Å². The van der Waals surface area contributed by atoms with Crippen LogP contribution >= 0.6 is 12.2 Å². The predicted molar refractivity (Wildman–Crippen MR) is 100 cm³/mol. The molecule has 3 aromatic rings. The zero-order chi connectivity index (χ0) is 18.1. The molecule has 2 aromatic carbocycles. The number of halogens is 1. The van der Waals surface area contributed by atoms with Crippen LogP contribution in [0.3, 0.4) is 0 Å². The highest BCUT2D eigenvalue weighted by atomic mass is 32.1. The maximum absolute atomic E-state index is 14.3. The van der Waals surface area contributed by atoms with Gasteiger partial charge in [-0.25, -0.2) is 4.39 Å². The number of benzene rings is 2. The molecule has 0 amide bonds. The Bertz CT molecular complexity index is 1060. The smallest absolute Gasteiger partial charge is 0.262 e. The van der Waals surface area contributed by atoms with Crippen molar-refractivity contribution in [2.24, 2.45) is 0 Å². The third-order valence-corrected chi connectivity index (χ3v) is 4.81. The maximum atomic E-state index is 14.3. The van der Waals surface area contributed by atoms with Gasteiger partial charge in [0.15, 0.2) is 11.4 Å². The average Bonchev–Trinajstić information content (AvgIpc) is 2.64. The lowest BCUT2D eigenvalue weighted by Crippen LogP contribution is -3.11. The first-order chi connectivity index (χ1) is 12.6. The molecule has 0 saturated heterocycles. The number of fused-ring (bicyclic) bond motifs is 1. The van der Waals surface area contributed by atoms with E-state index in [4.69, 9.17) is 12.2 Å². The zero-order valence-corrected chi connectivity index (χ0v) is 14.8. The number of quaternary nitrogens is 1. The number of nitrogens with zero attached hydrogens (tertiary/aromatic N) is 1. The van der Waals surface area contributed by atoms with Gasteiger partial charge in [-0.2, -0.15) is 0 Å². The normalized spacial score (nSPS) is 16.0. The topological polar surface area (TPSA) is 54.3 Å². The van der Waals surface area contributed by atoms with Crippen LogP contribution in [0.4, 0.5) is 10.2 Å². The molecular formula is C19H18FN4OS+. The van der Waals surface area contributed by atoms with Gasteiger partial charge in [0.2, 0.25) is 0 Å². The van der Waals surface area contributed by atoms with Crippen molar-refractivity contribution >= 4 is 18.0 Å². The van der Waals surface area contributed by atoms with Crippen LogP contribution in [0.5, 0.6) is 0 Å². The lowest BCUT2D eigenvalue weighted by molar-refractivity contribution is -0.926. The summed E-state index contributed by atoms with van der Waals surface area (Å²) in [5.41, 5.74) is 1.88. The number of hydrogen-bond donors (Lipinski definition) is 3. The van der Waals surface area contributed by atoms with E-state index in [0.29, 0.717) is 30.3 Å². The van der Waals surface area contributed by atoms with Crippen LogP contribution < -0.4 is 15.8 Å². The van der Waals surface area contributed by atoms with E-state index in [1.165, 1.54) is 16.5 Å². The summed E-state index contributed by atoms with van der Waals surface area (Å²) >= 11 is 5.29. The average molecular weight is 369 g/mol. The summed E-state index contributed by atoms with van der Waals surface area (Å²) in [6.45, 7) is 1.95. The molecule has 0 bridgehead atoms. The van der Waals surface area contributed by atoms with Crippen molar-refractivity contribution in [2.75, 3.05) is 12.0 Å². The van der Waals surface area contributed by atoms with Crippen molar-refractivity contribution in [1.29, 1.82) is 0 Å². The first kappa shape index (κ1) is 16.7. The summed E-state index contributed by atoms with van der Waals surface area (Å²) in [5.74, 6) is 0.180. The van der Waals surface area contributed by atoms with Crippen LogP contribution in [0.2, 0.25) is 0 Å². The molecule has 0 radical (unpaired) electrons. The van der Waals surface area contributed by atoms with Gasteiger partial charge in [-0.05, 0) is 24.4 Å². The van der Waals surface area contributed by atoms with Crippen molar-refractivity contribution in [3.63, 3.8) is 0 Å². The van der Waals surface area contributed by atoms with Gasteiger partial charge in [0, 0.05) is 5.56 Å². The fraction of sp³-hybridized carbons (Fsp3) is 0.158. The lowest BCUT2D eigenvalue weighted by atomic mass is 10.1. The number of anilines is 1. The highest BCUT2D eigenvalue weighted by Gasteiger charge is 2.26. The summed E-state index contributed by atoms with van der Waals surface area (Å²) in [6.07, 6.45) is 0. The molecule has 1 atom stereocenters. The van der Waals surface area contributed by atoms with E-state index in [-0.39, 0.29) is 10.3 Å². The van der Waals surface area contributed by atoms with E-state index in [2.05, 4.69) is 22.4 Å². The first-order valence-electron chi connectivity index (χ1n) is 8.38. The van der Waals surface area contributed by atoms with Crippen LogP contribution in [0.15, 0.2) is 59.4 Å². The molecular weight excluding hydrogens is 351 g/mol. The summed E-state index contributed by atoms with van der Waals surface area (Å²) < 4.78 is 16.0. The van der Waals surface area contributed by atoms with Crippen molar-refractivity contribution in [3.8, 4) is 5.69 Å². The highest BCUT2D eigenvalue weighted by Crippen LogP contribution is 2.21. The van der Waals surface area contributed by atoms with Crippen LogP contribution in [0.1, 0.15) is 11.1 Å². The molecule has 0 spiro atoms. The Labute approximate surface area is 154 Å². The summed E-state index contributed by atoms with van der Waals surface area (Å²) in [6, 6.07) is 16.5. The zero-order valence-electron chi connectivity index (χ0n) is 14.0. The summed E-state index contributed by atoms with van der Waals surface area (Å²) in [5, 5.41) is 3.28. The maximum Gasteiger partial charge on any atom is 0.262 e. The Morgan fingerprint density at radius 1 is 1.12 bits per heavy atom. The number of rotatable bonds is 3. The molecule has 1 unspecified atom stereocenters. The van der Waals surface area contributed by atoms with Crippen LogP contribution in [0.25, 0.3) is 5.69 Å². The summed E-state index contributed by atoms with van der Waals surface area (Å²) in [4.78, 5) is 16.3. The Balaban J connectivity index is 1.74. The van der Waals surface area contributed by atoms with Crippen LogP contribution in [0, 0.1) is 10.6 Å².